The number of nitrogens with zero attached hydrogens (tertiary/aromatic N) is 4. The summed E-state index contributed by atoms with van der Waals surface area (Å²) in [6.45, 7) is 12.8. The maximum Gasteiger partial charge on any atom is 0.293 e. The second kappa shape index (κ2) is 20.2. The van der Waals surface area contributed by atoms with E-state index in [1.54, 1.807) is 59.1 Å². The molecule has 0 amide bonds. The minimum atomic E-state index is -3.70. The maximum atomic E-state index is 13.1. The molecule has 0 bridgehead atoms. The summed E-state index contributed by atoms with van der Waals surface area (Å²) >= 11 is 0. The highest BCUT2D eigenvalue weighted by Crippen LogP contribution is 2.29. The van der Waals surface area contributed by atoms with Crippen LogP contribution in [0.4, 0.5) is 0 Å². The van der Waals surface area contributed by atoms with Crippen LogP contribution in [0.5, 0.6) is 11.5 Å². The molecule has 1 heterocycles. The van der Waals surface area contributed by atoms with E-state index in [-0.39, 0.29) is 41.7 Å². The zero-order valence-electron chi connectivity index (χ0n) is 33.0. The van der Waals surface area contributed by atoms with Crippen molar-refractivity contribution in [1.82, 2.24) is 18.4 Å². The van der Waals surface area contributed by atoms with Gasteiger partial charge in [0.2, 0.25) is 20.0 Å². The van der Waals surface area contributed by atoms with Gasteiger partial charge in [-0.25, -0.2) is 21.1 Å². The molecule has 54 heavy (non-hydrogen) atoms. The van der Waals surface area contributed by atoms with Crippen LogP contribution in [0.25, 0.3) is 0 Å². The molecular formula is C39H56N4O9S2. The van der Waals surface area contributed by atoms with Crippen LogP contribution in [-0.2, 0) is 47.3 Å². The van der Waals surface area contributed by atoms with E-state index in [0.29, 0.717) is 46.6 Å². The Kier molecular flexibility index (Phi) is 16.6. The molecule has 15 heteroatoms. The number of aryl methyl sites for hydroxylation is 4. The number of hydrogen-bond donors (Lipinski definition) is 0. The van der Waals surface area contributed by atoms with E-state index in [4.69, 9.17) is 9.47 Å². The molecule has 0 saturated carbocycles. The Hall–Kier alpha value is -3.86. The Morgan fingerprint density at radius 3 is 1.57 bits per heavy atom. The molecule has 0 spiro atoms. The smallest absolute Gasteiger partial charge is 0.293 e. The lowest BCUT2D eigenvalue weighted by Gasteiger charge is -2.32. The number of methoxy groups -OCH3 is 2. The van der Waals surface area contributed by atoms with Gasteiger partial charge in [0.25, 0.3) is 6.47 Å². The fourth-order valence-electron chi connectivity index (χ4n) is 6.28. The van der Waals surface area contributed by atoms with Gasteiger partial charge in [0, 0.05) is 72.8 Å². The van der Waals surface area contributed by atoms with E-state index in [1.807, 2.05) is 12.1 Å². The van der Waals surface area contributed by atoms with Crippen molar-refractivity contribution >= 4 is 32.3 Å². The largest absolute Gasteiger partial charge is 0.497 e. The molecule has 1 saturated heterocycles. The Morgan fingerprint density at radius 2 is 1.15 bits per heavy atom. The predicted molar refractivity (Wildman–Crippen MR) is 209 cm³/mol. The number of hydrogen-bond acceptors (Lipinski definition) is 11. The summed E-state index contributed by atoms with van der Waals surface area (Å²) in [5, 5.41) is 0. The highest BCUT2D eigenvalue weighted by atomic mass is 32.2. The van der Waals surface area contributed by atoms with Gasteiger partial charge in [0.05, 0.1) is 24.0 Å². The van der Waals surface area contributed by atoms with E-state index in [9.17, 15) is 26.4 Å². The normalized spacial score (nSPS) is 14.1. The molecule has 0 aromatic heterocycles. The highest BCUT2D eigenvalue weighted by Gasteiger charge is 2.27. The van der Waals surface area contributed by atoms with Gasteiger partial charge < -0.3 is 19.1 Å². The third-order valence-corrected chi connectivity index (χ3v) is 13.7. The third kappa shape index (κ3) is 12.1. The molecular weight excluding hydrogens is 733 g/mol. The monoisotopic (exact) mass is 788 g/mol. The Labute approximate surface area is 321 Å². The van der Waals surface area contributed by atoms with Crippen molar-refractivity contribution in [1.29, 1.82) is 0 Å². The minimum absolute atomic E-state index is 0.0213. The lowest BCUT2D eigenvalue weighted by molar-refractivity contribution is -0.128. The van der Waals surface area contributed by atoms with Gasteiger partial charge in [-0.1, -0.05) is 24.3 Å². The van der Waals surface area contributed by atoms with Gasteiger partial charge in [-0.05, 0) is 92.4 Å². The molecule has 298 valence electrons. The summed E-state index contributed by atoms with van der Waals surface area (Å²) in [6.07, 6.45) is 0.482. The van der Waals surface area contributed by atoms with Crippen LogP contribution in [-0.4, -0.2) is 129 Å². The van der Waals surface area contributed by atoms with Crippen molar-refractivity contribution in [2.75, 3.05) is 81.2 Å². The molecule has 0 N–H and O–H groups in total. The second-order valence-corrected chi connectivity index (χ2v) is 17.6. The van der Waals surface area contributed by atoms with Gasteiger partial charge in [-0.2, -0.15) is 4.31 Å². The summed E-state index contributed by atoms with van der Waals surface area (Å²) in [6, 6.07) is 15.0. The van der Waals surface area contributed by atoms with Crippen LogP contribution in [0.3, 0.4) is 0 Å². The maximum absolute atomic E-state index is 13.1. The zero-order chi connectivity index (χ0) is 40.2. The number of likely N-dealkylation sites (N-methyl/N-ethyl adjacent to an activating group) is 2. The minimum Gasteiger partial charge on any atom is -0.497 e. The first-order valence-corrected chi connectivity index (χ1v) is 20.6. The molecule has 3 aromatic rings. The average molecular weight is 789 g/mol. The van der Waals surface area contributed by atoms with Crippen LogP contribution in [0, 0.1) is 27.7 Å². The lowest BCUT2D eigenvalue weighted by Crippen LogP contribution is -2.43. The fraction of sp³-hybridized carbons (Fsp3) is 0.487. The molecule has 0 atom stereocenters. The number of rotatable bonds is 17. The number of ether oxygens (including phenoxy) is 3. The van der Waals surface area contributed by atoms with Crippen molar-refractivity contribution in [3.05, 3.63) is 81.9 Å². The van der Waals surface area contributed by atoms with Gasteiger partial charge in [-0.3, -0.25) is 14.5 Å². The first-order chi connectivity index (χ1) is 25.4. The van der Waals surface area contributed by atoms with E-state index in [0.717, 1.165) is 42.6 Å². The van der Waals surface area contributed by atoms with Gasteiger partial charge in [0.1, 0.15) is 23.9 Å². The van der Waals surface area contributed by atoms with Gasteiger partial charge >= 0.3 is 0 Å². The molecule has 13 nitrogen and oxygen atoms in total. The molecule has 0 aliphatic carbocycles. The van der Waals surface area contributed by atoms with Crippen molar-refractivity contribution < 1.29 is 40.6 Å². The summed E-state index contributed by atoms with van der Waals surface area (Å²) in [4.78, 5) is 28.0. The number of carbonyl (C=O) groups excluding carboxylic acids is 2. The standard InChI is InChI=1S/C26H37N3O4S.C13H19NO5S/c1-20-16-25(33-5)17-21(2)26(20)34(31,32)28(4)11-10-24(30)18-22-6-8-23(9-7-22)19-29-14-12-27(3)13-15-29;1-10-7-12(18-4)8-11(2)13(10)20(16,17)14(3)5-6-19-9-15/h6-9,16-17H,10-15,18-19H2,1-5H3;7-9H,5-6H2,1-4H3. The van der Waals surface area contributed by atoms with Crippen molar-refractivity contribution in [3.63, 3.8) is 0 Å². The van der Waals surface area contributed by atoms with Crippen LogP contribution in [0.15, 0.2) is 58.3 Å². The summed E-state index contributed by atoms with van der Waals surface area (Å²) in [5.74, 6) is 1.27. The van der Waals surface area contributed by atoms with Crippen molar-refractivity contribution in [3.8, 4) is 11.5 Å². The quantitative estimate of drug-likeness (QED) is 0.145. The first-order valence-electron chi connectivity index (χ1n) is 17.7. The van der Waals surface area contributed by atoms with Gasteiger partial charge in [-0.15, -0.1) is 0 Å². The summed E-state index contributed by atoms with van der Waals surface area (Å²) < 4.78 is 68.6. The number of piperazine rings is 1. The zero-order valence-corrected chi connectivity index (χ0v) is 34.7. The number of sulfonamides is 2. The number of Topliss-reactive ketones (excluding diaryl/α,β-unsaturated/α-hetero) is 1. The topological polar surface area (TPSA) is 143 Å². The molecule has 3 aromatic carbocycles. The van der Waals surface area contributed by atoms with Crippen LogP contribution < -0.4 is 9.47 Å². The van der Waals surface area contributed by atoms with Crippen LogP contribution in [0.1, 0.15) is 39.8 Å². The Morgan fingerprint density at radius 1 is 0.722 bits per heavy atom. The lowest BCUT2D eigenvalue weighted by atomic mass is 10.0. The molecule has 4 rings (SSSR count). The molecule has 1 aliphatic heterocycles. The molecule has 1 fully saturated rings. The SMILES string of the molecule is COc1cc(C)c(S(=O)(=O)N(C)CCC(=O)Cc2ccc(CN3CCN(C)CC3)cc2)c(C)c1.COc1cc(C)c(S(=O)(=O)N(C)CCOC=O)c(C)c1. The second-order valence-electron chi connectivity index (χ2n) is 13.7. The third-order valence-electron chi connectivity index (χ3n) is 9.40. The Balaban J connectivity index is 0.000000334. The van der Waals surface area contributed by atoms with E-state index < -0.39 is 20.0 Å². The van der Waals surface area contributed by atoms with E-state index >= 15 is 0 Å². The number of benzene rings is 3. The number of carbonyl (C=O) groups is 2. The summed E-state index contributed by atoms with van der Waals surface area (Å²) in [7, 11) is 0.895. The summed E-state index contributed by atoms with van der Waals surface area (Å²) in [5.41, 5.74) is 4.70. The number of ketones is 1. The fourth-order valence-corrected chi connectivity index (χ4v) is 9.41. The Bertz CT molecular complexity index is 1900. The first kappa shape index (κ1) is 44.5. The average Bonchev–Trinajstić information content (AvgIpc) is 3.11. The van der Waals surface area contributed by atoms with Gasteiger partial charge in [0.15, 0.2) is 0 Å². The van der Waals surface area contributed by atoms with Crippen molar-refractivity contribution in [2.45, 2.75) is 56.9 Å². The van der Waals surface area contributed by atoms with Crippen molar-refractivity contribution in [2.24, 2.45) is 0 Å². The molecule has 0 radical (unpaired) electrons. The predicted octanol–water partition coefficient (Wildman–Crippen LogP) is 3.99. The molecule has 1 aliphatic rings. The van der Waals surface area contributed by atoms with E-state index in [2.05, 4.69) is 33.7 Å². The highest BCUT2D eigenvalue weighted by molar-refractivity contribution is 7.89. The van der Waals surface area contributed by atoms with E-state index in [1.165, 1.54) is 31.1 Å². The van der Waals surface area contributed by atoms with Crippen LogP contribution >= 0.6 is 0 Å². The molecule has 0 unspecified atom stereocenters. The van der Waals surface area contributed by atoms with Crippen LogP contribution in [0.2, 0.25) is 0 Å².